The summed E-state index contributed by atoms with van der Waals surface area (Å²) in [4.78, 5) is 30.2. The summed E-state index contributed by atoms with van der Waals surface area (Å²) in [5.74, 6) is 0.0800. The molecule has 0 bridgehead atoms. The second-order valence-corrected chi connectivity index (χ2v) is 10.4. The molecule has 0 saturated carbocycles. The van der Waals surface area contributed by atoms with Crippen molar-refractivity contribution >= 4 is 11.8 Å². The van der Waals surface area contributed by atoms with Crippen molar-refractivity contribution in [1.29, 1.82) is 0 Å². The number of carbonyl (C=O) groups excluding carboxylic acids is 2. The second kappa shape index (κ2) is 9.72. The first-order chi connectivity index (χ1) is 16.8. The molecular weight excluding hydrogens is 447 g/mol. The topological polar surface area (TPSA) is 67.7 Å². The normalized spacial score (nSPS) is 23.0. The monoisotopic (exact) mass is 482 g/mol. The molecule has 1 aromatic carbocycles. The third-order valence-electron chi connectivity index (χ3n) is 7.72. The molecule has 0 unspecified atom stereocenters. The molecule has 0 radical (unpaired) electrons. The van der Waals surface area contributed by atoms with Crippen molar-refractivity contribution in [1.82, 2.24) is 19.6 Å². The zero-order valence-electron chi connectivity index (χ0n) is 20.9. The van der Waals surface area contributed by atoms with E-state index in [0.29, 0.717) is 37.4 Å². The minimum atomic E-state index is -0.167. The molecule has 35 heavy (non-hydrogen) atoms. The third-order valence-corrected chi connectivity index (χ3v) is 7.72. The van der Waals surface area contributed by atoms with E-state index in [-0.39, 0.29) is 42.3 Å². The highest BCUT2D eigenvalue weighted by molar-refractivity contribution is 5.94. The number of piperidine rings is 1. The molecule has 1 aromatic heterocycles. The van der Waals surface area contributed by atoms with Crippen LogP contribution in [-0.2, 0) is 28.9 Å². The van der Waals surface area contributed by atoms with E-state index in [1.807, 2.05) is 35.8 Å². The molecule has 7 nitrogen and oxygen atoms in total. The van der Waals surface area contributed by atoms with Crippen LogP contribution in [0, 0.1) is 12.7 Å². The molecule has 2 aromatic rings. The van der Waals surface area contributed by atoms with Crippen LogP contribution in [0.5, 0.6) is 0 Å². The molecule has 5 rings (SSSR count). The van der Waals surface area contributed by atoms with Crippen LogP contribution < -0.4 is 0 Å². The molecule has 2 saturated heterocycles. The Bertz CT molecular complexity index is 1110. The van der Waals surface area contributed by atoms with E-state index >= 15 is 0 Å². The van der Waals surface area contributed by atoms with Gasteiger partial charge in [-0.25, -0.2) is 4.39 Å². The van der Waals surface area contributed by atoms with Gasteiger partial charge >= 0.3 is 0 Å². The van der Waals surface area contributed by atoms with E-state index in [1.54, 1.807) is 17.7 Å². The Morgan fingerprint density at radius 3 is 2.49 bits per heavy atom. The lowest BCUT2D eigenvalue weighted by molar-refractivity contribution is -0.133. The van der Waals surface area contributed by atoms with E-state index in [2.05, 4.69) is 5.10 Å². The largest absolute Gasteiger partial charge is 0.372 e. The average Bonchev–Trinajstić information content (AvgIpc) is 3.44. The number of benzene rings is 1. The highest BCUT2D eigenvalue weighted by Crippen LogP contribution is 2.30. The number of rotatable bonds is 4. The summed E-state index contributed by atoms with van der Waals surface area (Å²) in [5, 5.41) is 4.67. The summed E-state index contributed by atoms with van der Waals surface area (Å²) in [7, 11) is 0. The molecule has 3 heterocycles. The lowest BCUT2D eigenvalue weighted by Crippen LogP contribution is -2.48. The molecule has 2 amide bonds. The zero-order chi connectivity index (χ0) is 24.7. The SMILES string of the molecule is Cc1ccc(C2CCN(C(=O)Cn3nc(C(=O)N4C[C@@H](C)O[C@@H](C)C4)c4c3CCC4)CC2)cc1F. The number of aryl methyl sites for hydroxylation is 1. The minimum absolute atomic E-state index is 0.00117. The lowest BCUT2D eigenvalue weighted by Gasteiger charge is -2.35. The molecule has 188 valence electrons. The quantitative estimate of drug-likeness (QED) is 0.669. The second-order valence-electron chi connectivity index (χ2n) is 10.4. The minimum Gasteiger partial charge on any atom is -0.372 e. The van der Waals surface area contributed by atoms with Gasteiger partial charge in [-0.05, 0) is 76.0 Å². The van der Waals surface area contributed by atoms with Gasteiger partial charge in [-0.3, -0.25) is 14.3 Å². The van der Waals surface area contributed by atoms with Gasteiger partial charge in [0, 0.05) is 37.4 Å². The number of ether oxygens (including phenoxy) is 1. The Balaban J connectivity index is 1.25. The number of carbonyl (C=O) groups is 2. The maximum absolute atomic E-state index is 14.0. The van der Waals surface area contributed by atoms with Gasteiger partial charge in [-0.2, -0.15) is 5.10 Å². The van der Waals surface area contributed by atoms with Crippen LogP contribution in [0.2, 0.25) is 0 Å². The van der Waals surface area contributed by atoms with Crippen LogP contribution in [0.15, 0.2) is 18.2 Å². The van der Waals surface area contributed by atoms with Crippen molar-refractivity contribution in [2.45, 2.75) is 77.5 Å². The van der Waals surface area contributed by atoms with Gasteiger partial charge in [-0.1, -0.05) is 12.1 Å². The number of likely N-dealkylation sites (tertiary alicyclic amines) is 1. The Kier molecular flexibility index (Phi) is 6.66. The first kappa shape index (κ1) is 24.0. The number of hydrogen-bond donors (Lipinski definition) is 0. The van der Waals surface area contributed by atoms with Crippen LogP contribution in [-0.4, -0.2) is 69.8 Å². The fraction of sp³-hybridized carbons (Fsp3) is 0.593. The van der Waals surface area contributed by atoms with Gasteiger partial charge in [0.1, 0.15) is 12.4 Å². The molecule has 1 aliphatic carbocycles. The van der Waals surface area contributed by atoms with Gasteiger partial charge in [-0.15, -0.1) is 0 Å². The molecular formula is C27H35FN4O3. The lowest BCUT2D eigenvalue weighted by atomic mass is 9.89. The van der Waals surface area contributed by atoms with Crippen molar-refractivity contribution in [3.8, 4) is 0 Å². The highest BCUT2D eigenvalue weighted by atomic mass is 19.1. The number of aromatic nitrogens is 2. The smallest absolute Gasteiger partial charge is 0.274 e. The summed E-state index contributed by atoms with van der Waals surface area (Å²) in [5.41, 5.74) is 4.21. The molecule has 0 N–H and O–H groups in total. The van der Waals surface area contributed by atoms with Crippen LogP contribution in [0.4, 0.5) is 4.39 Å². The number of nitrogens with zero attached hydrogens (tertiary/aromatic N) is 4. The number of fused-ring (bicyclic) bond motifs is 1. The van der Waals surface area contributed by atoms with Crippen molar-refractivity contribution in [3.05, 3.63) is 52.1 Å². The van der Waals surface area contributed by atoms with Crippen LogP contribution >= 0.6 is 0 Å². The fourth-order valence-corrected chi connectivity index (χ4v) is 5.86. The van der Waals surface area contributed by atoms with Crippen molar-refractivity contribution < 1.29 is 18.7 Å². The number of halogens is 1. The molecule has 2 fully saturated rings. The fourth-order valence-electron chi connectivity index (χ4n) is 5.86. The number of amides is 2. The Labute approximate surface area is 206 Å². The van der Waals surface area contributed by atoms with Gasteiger partial charge in [0.05, 0.1) is 12.2 Å². The summed E-state index contributed by atoms with van der Waals surface area (Å²) in [6, 6.07) is 5.47. The van der Waals surface area contributed by atoms with E-state index in [1.165, 1.54) is 0 Å². The zero-order valence-corrected chi connectivity index (χ0v) is 20.9. The summed E-state index contributed by atoms with van der Waals surface area (Å²) < 4.78 is 21.5. The molecule has 2 aliphatic heterocycles. The predicted octanol–water partition coefficient (Wildman–Crippen LogP) is 3.47. The molecule has 8 heteroatoms. The number of hydrogen-bond acceptors (Lipinski definition) is 4. The van der Waals surface area contributed by atoms with E-state index in [4.69, 9.17) is 4.74 Å². The van der Waals surface area contributed by atoms with Crippen LogP contribution in [0.3, 0.4) is 0 Å². The average molecular weight is 483 g/mol. The molecule has 3 aliphatic rings. The van der Waals surface area contributed by atoms with Gasteiger partial charge in [0.25, 0.3) is 5.91 Å². The highest BCUT2D eigenvalue weighted by Gasteiger charge is 2.33. The van der Waals surface area contributed by atoms with Crippen molar-refractivity contribution in [2.75, 3.05) is 26.2 Å². The Morgan fingerprint density at radius 1 is 1.09 bits per heavy atom. The molecule has 2 atom stereocenters. The Morgan fingerprint density at radius 2 is 1.80 bits per heavy atom. The summed E-state index contributed by atoms with van der Waals surface area (Å²) in [6.45, 7) is 8.32. The van der Waals surface area contributed by atoms with Crippen molar-refractivity contribution in [3.63, 3.8) is 0 Å². The standard InChI is InChI=1S/C27H35FN4O3/c1-17-7-8-21(13-23(17)28)20-9-11-30(12-10-20)25(33)16-32-24-6-4-5-22(24)26(29-32)27(34)31-14-18(2)35-19(3)15-31/h7-8,13,18-20H,4-6,9-12,14-16H2,1-3H3/t18-,19+. The van der Waals surface area contributed by atoms with Gasteiger partial charge in [0.2, 0.25) is 5.91 Å². The summed E-state index contributed by atoms with van der Waals surface area (Å²) >= 11 is 0. The van der Waals surface area contributed by atoms with E-state index < -0.39 is 0 Å². The molecule has 0 spiro atoms. The summed E-state index contributed by atoms with van der Waals surface area (Å²) in [6.07, 6.45) is 4.30. The van der Waals surface area contributed by atoms with E-state index in [0.717, 1.165) is 48.9 Å². The Hall–Kier alpha value is -2.74. The maximum atomic E-state index is 14.0. The van der Waals surface area contributed by atoms with Gasteiger partial charge in [0.15, 0.2) is 5.69 Å². The third kappa shape index (κ3) is 4.85. The van der Waals surface area contributed by atoms with Crippen LogP contribution in [0.25, 0.3) is 0 Å². The predicted molar refractivity (Wildman–Crippen MR) is 130 cm³/mol. The maximum Gasteiger partial charge on any atom is 0.274 e. The van der Waals surface area contributed by atoms with Gasteiger partial charge < -0.3 is 14.5 Å². The first-order valence-electron chi connectivity index (χ1n) is 12.9. The first-order valence-corrected chi connectivity index (χ1v) is 12.9. The van der Waals surface area contributed by atoms with Crippen molar-refractivity contribution in [2.24, 2.45) is 0 Å². The van der Waals surface area contributed by atoms with E-state index in [9.17, 15) is 14.0 Å². The van der Waals surface area contributed by atoms with Crippen LogP contribution in [0.1, 0.15) is 71.9 Å². The number of morpholine rings is 1.